The SMILES string of the molecule is Cc1ccc(Cn2c(CCCC(=O)Nc3ccccc3F)nc3cccnc32)cc1. The zero-order valence-electron chi connectivity index (χ0n) is 16.8. The van der Waals surface area contributed by atoms with Crippen molar-refractivity contribution in [3.8, 4) is 0 Å². The number of hydrogen-bond acceptors (Lipinski definition) is 3. The summed E-state index contributed by atoms with van der Waals surface area (Å²) in [5.41, 5.74) is 4.27. The Kier molecular flexibility index (Phi) is 5.84. The highest BCUT2D eigenvalue weighted by molar-refractivity contribution is 5.90. The number of aryl methyl sites for hydroxylation is 2. The summed E-state index contributed by atoms with van der Waals surface area (Å²) < 4.78 is 15.8. The highest BCUT2D eigenvalue weighted by atomic mass is 19.1. The van der Waals surface area contributed by atoms with Gasteiger partial charge in [-0.3, -0.25) is 4.79 Å². The molecule has 4 rings (SSSR count). The van der Waals surface area contributed by atoms with Gasteiger partial charge in [0.1, 0.15) is 17.2 Å². The van der Waals surface area contributed by atoms with Crippen LogP contribution in [-0.4, -0.2) is 20.4 Å². The van der Waals surface area contributed by atoms with Crippen molar-refractivity contribution in [3.63, 3.8) is 0 Å². The molecular formula is C24H23FN4O. The summed E-state index contributed by atoms with van der Waals surface area (Å²) >= 11 is 0. The topological polar surface area (TPSA) is 59.8 Å². The zero-order chi connectivity index (χ0) is 20.9. The summed E-state index contributed by atoms with van der Waals surface area (Å²) in [6.45, 7) is 2.74. The van der Waals surface area contributed by atoms with Crippen LogP contribution in [0, 0.1) is 12.7 Å². The molecule has 0 aliphatic rings. The van der Waals surface area contributed by atoms with E-state index in [1.807, 2.05) is 12.1 Å². The van der Waals surface area contributed by atoms with E-state index in [2.05, 4.69) is 46.1 Å². The van der Waals surface area contributed by atoms with Gasteiger partial charge in [0.25, 0.3) is 0 Å². The molecule has 0 aliphatic carbocycles. The quantitative estimate of drug-likeness (QED) is 0.479. The molecule has 2 aromatic carbocycles. The van der Waals surface area contributed by atoms with E-state index < -0.39 is 5.82 Å². The highest BCUT2D eigenvalue weighted by Crippen LogP contribution is 2.18. The van der Waals surface area contributed by atoms with Crippen LogP contribution in [0.1, 0.15) is 29.8 Å². The largest absolute Gasteiger partial charge is 0.324 e. The second-order valence-corrected chi connectivity index (χ2v) is 7.33. The maximum Gasteiger partial charge on any atom is 0.224 e. The van der Waals surface area contributed by atoms with Crippen molar-refractivity contribution in [2.75, 3.05) is 5.32 Å². The Morgan fingerprint density at radius 1 is 1.07 bits per heavy atom. The van der Waals surface area contributed by atoms with Gasteiger partial charge in [0, 0.05) is 19.0 Å². The van der Waals surface area contributed by atoms with E-state index in [9.17, 15) is 9.18 Å². The molecule has 152 valence electrons. The van der Waals surface area contributed by atoms with Crippen LogP contribution in [0.4, 0.5) is 10.1 Å². The van der Waals surface area contributed by atoms with Crippen molar-refractivity contribution in [3.05, 3.63) is 89.6 Å². The number of para-hydroxylation sites is 1. The number of hydrogen-bond donors (Lipinski definition) is 1. The first-order valence-corrected chi connectivity index (χ1v) is 10.0. The Morgan fingerprint density at radius 2 is 1.87 bits per heavy atom. The van der Waals surface area contributed by atoms with Gasteiger partial charge in [0.05, 0.1) is 12.2 Å². The summed E-state index contributed by atoms with van der Waals surface area (Å²) in [5.74, 6) is 0.249. The standard InChI is InChI=1S/C24H23FN4O/c1-17-11-13-18(14-12-17)16-29-22(27-21-8-5-15-26-24(21)29)9-4-10-23(30)28-20-7-3-2-6-19(20)25/h2-3,5-8,11-15H,4,9-10,16H2,1H3,(H,28,30). The number of benzene rings is 2. The van der Waals surface area contributed by atoms with E-state index in [4.69, 9.17) is 4.98 Å². The summed E-state index contributed by atoms with van der Waals surface area (Å²) in [6, 6.07) is 18.4. The third-order valence-electron chi connectivity index (χ3n) is 5.00. The number of carbonyl (C=O) groups is 1. The van der Waals surface area contributed by atoms with Gasteiger partial charge in [-0.15, -0.1) is 0 Å². The highest BCUT2D eigenvalue weighted by Gasteiger charge is 2.13. The smallest absolute Gasteiger partial charge is 0.224 e. The molecule has 2 aromatic heterocycles. The second-order valence-electron chi connectivity index (χ2n) is 7.33. The third kappa shape index (κ3) is 4.54. The lowest BCUT2D eigenvalue weighted by atomic mass is 10.1. The molecule has 0 fully saturated rings. The van der Waals surface area contributed by atoms with Gasteiger partial charge in [-0.1, -0.05) is 42.0 Å². The number of fused-ring (bicyclic) bond motifs is 1. The van der Waals surface area contributed by atoms with E-state index in [0.717, 1.165) is 17.0 Å². The molecule has 0 aliphatic heterocycles. The molecule has 1 N–H and O–H groups in total. The minimum absolute atomic E-state index is 0.207. The first-order valence-electron chi connectivity index (χ1n) is 10.0. The van der Waals surface area contributed by atoms with Gasteiger partial charge in [-0.05, 0) is 43.2 Å². The first-order chi connectivity index (χ1) is 14.6. The van der Waals surface area contributed by atoms with Crippen LogP contribution in [0.15, 0.2) is 66.9 Å². The number of pyridine rings is 1. The van der Waals surface area contributed by atoms with Crippen molar-refractivity contribution in [1.29, 1.82) is 0 Å². The average Bonchev–Trinajstić information content (AvgIpc) is 3.09. The zero-order valence-corrected chi connectivity index (χ0v) is 16.8. The number of halogens is 1. The number of imidazole rings is 1. The molecule has 2 heterocycles. The van der Waals surface area contributed by atoms with Gasteiger partial charge in [-0.25, -0.2) is 14.4 Å². The fourth-order valence-electron chi connectivity index (χ4n) is 3.42. The van der Waals surface area contributed by atoms with Crippen LogP contribution < -0.4 is 5.32 Å². The number of nitrogens with one attached hydrogen (secondary N) is 1. The van der Waals surface area contributed by atoms with Crippen LogP contribution in [0.2, 0.25) is 0 Å². The Balaban J connectivity index is 1.46. The van der Waals surface area contributed by atoms with Gasteiger partial charge in [0.2, 0.25) is 5.91 Å². The molecule has 0 saturated carbocycles. The molecule has 0 bridgehead atoms. The molecule has 4 aromatic rings. The van der Waals surface area contributed by atoms with Crippen molar-refractivity contribution >= 4 is 22.8 Å². The number of aromatic nitrogens is 3. The predicted octanol–water partition coefficient (Wildman–Crippen LogP) is 4.89. The molecule has 0 atom stereocenters. The van der Waals surface area contributed by atoms with E-state index in [-0.39, 0.29) is 18.0 Å². The van der Waals surface area contributed by atoms with Crippen LogP contribution in [0.3, 0.4) is 0 Å². The minimum Gasteiger partial charge on any atom is -0.324 e. The maximum atomic E-state index is 13.7. The molecule has 1 amide bonds. The minimum atomic E-state index is -0.434. The number of anilines is 1. The van der Waals surface area contributed by atoms with Crippen LogP contribution in [0.5, 0.6) is 0 Å². The number of rotatable bonds is 7. The fraction of sp³-hybridized carbons (Fsp3) is 0.208. The van der Waals surface area contributed by atoms with Crippen molar-refractivity contribution < 1.29 is 9.18 Å². The van der Waals surface area contributed by atoms with E-state index in [1.54, 1.807) is 24.4 Å². The molecule has 0 spiro atoms. The van der Waals surface area contributed by atoms with Crippen LogP contribution in [0.25, 0.3) is 11.2 Å². The van der Waals surface area contributed by atoms with Crippen LogP contribution in [-0.2, 0) is 17.8 Å². The lowest BCUT2D eigenvalue weighted by Crippen LogP contribution is -2.13. The Bertz CT molecular complexity index is 1170. The Labute approximate surface area is 174 Å². The summed E-state index contributed by atoms with van der Waals surface area (Å²) in [5, 5.41) is 2.63. The van der Waals surface area contributed by atoms with Crippen LogP contribution >= 0.6 is 0 Å². The van der Waals surface area contributed by atoms with E-state index in [0.29, 0.717) is 19.4 Å². The molecule has 0 unspecified atom stereocenters. The summed E-state index contributed by atoms with van der Waals surface area (Å²) in [6.07, 6.45) is 3.29. The lowest BCUT2D eigenvalue weighted by molar-refractivity contribution is -0.116. The van der Waals surface area contributed by atoms with E-state index >= 15 is 0 Å². The number of nitrogens with zero attached hydrogens (tertiary/aromatic N) is 3. The van der Waals surface area contributed by atoms with Gasteiger partial charge in [0.15, 0.2) is 5.65 Å². The maximum absolute atomic E-state index is 13.7. The van der Waals surface area contributed by atoms with Crippen molar-refractivity contribution in [1.82, 2.24) is 14.5 Å². The Morgan fingerprint density at radius 3 is 2.67 bits per heavy atom. The summed E-state index contributed by atoms with van der Waals surface area (Å²) in [4.78, 5) is 21.5. The predicted molar refractivity (Wildman–Crippen MR) is 116 cm³/mol. The van der Waals surface area contributed by atoms with Gasteiger partial charge >= 0.3 is 0 Å². The Hall–Kier alpha value is -3.54. The second kappa shape index (κ2) is 8.86. The molecule has 0 saturated heterocycles. The third-order valence-corrected chi connectivity index (χ3v) is 5.00. The van der Waals surface area contributed by atoms with E-state index in [1.165, 1.54) is 17.2 Å². The van der Waals surface area contributed by atoms with Crippen molar-refractivity contribution in [2.45, 2.75) is 32.7 Å². The normalized spacial score (nSPS) is 11.0. The van der Waals surface area contributed by atoms with Gasteiger partial charge < -0.3 is 9.88 Å². The molecule has 30 heavy (non-hydrogen) atoms. The monoisotopic (exact) mass is 402 g/mol. The van der Waals surface area contributed by atoms with Crippen molar-refractivity contribution in [2.24, 2.45) is 0 Å². The summed E-state index contributed by atoms with van der Waals surface area (Å²) in [7, 11) is 0. The fourth-order valence-corrected chi connectivity index (χ4v) is 3.42. The van der Waals surface area contributed by atoms with Gasteiger partial charge in [-0.2, -0.15) is 0 Å². The molecule has 0 radical (unpaired) electrons. The molecular weight excluding hydrogens is 379 g/mol. The first kappa shape index (κ1) is 19.8. The molecule has 6 heteroatoms. The average molecular weight is 402 g/mol. The number of carbonyl (C=O) groups excluding carboxylic acids is 1. The lowest BCUT2D eigenvalue weighted by Gasteiger charge is -2.10. The number of amides is 1. The molecule has 5 nitrogen and oxygen atoms in total.